The van der Waals surface area contributed by atoms with Gasteiger partial charge in [-0.1, -0.05) is 60.3 Å². The minimum Gasteiger partial charge on any atom is -0.388 e. The fraction of sp³-hybridized carbons (Fsp3) is 0.341. The summed E-state index contributed by atoms with van der Waals surface area (Å²) in [5.74, 6) is -0.653. The van der Waals surface area contributed by atoms with Crippen LogP contribution in [0.15, 0.2) is 103 Å². The zero-order valence-corrected chi connectivity index (χ0v) is 31.0. The lowest BCUT2D eigenvalue weighted by Gasteiger charge is -2.39. The Bertz CT molecular complexity index is 2260. The van der Waals surface area contributed by atoms with E-state index in [4.69, 9.17) is 4.74 Å². The lowest BCUT2D eigenvalue weighted by atomic mass is 9.90. The smallest absolute Gasteiger partial charge is 0.261 e. The average Bonchev–Trinajstić information content (AvgIpc) is 3.71. The lowest BCUT2D eigenvalue weighted by Crippen LogP contribution is -2.51. The van der Waals surface area contributed by atoms with Gasteiger partial charge in [0, 0.05) is 56.8 Å². The fourth-order valence-electron chi connectivity index (χ4n) is 7.17. The number of fused-ring (bicyclic) bond motifs is 1. The van der Waals surface area contributed by atoms with E-state index in [-0.39, 0.29) is 55.8 Å². The van der Waals surface area contributed by atoms with Crippen LogP contribution in [0.3, 0.4) is 0 Å². The zero-order chi connectivity index (χ0) is 39.1. The topological polar surface area (TPSA) is 177 Å². The van der Waals surface area contributed by atoms with Crippen LogP contribution < -0.4 is 16.2 Å². The first-order valence-electron chi connectivity index (χ1n) is 18.8. The van der Waals surface area contributed by atoms with Gasteiger partial charge in [0.05, 0.1) is 54.5 Å². The van der Waals surface area contributed by atoms with Crippen LogP contribution >= 0.6 is 0 Å². The van der Waals surface area contributed by atoms with Gasteiger partial charge in [0.2, 0.25) is 17.7 Å². The third kappa shape index (κ3) is 9.08. The Morgan fingerprint density at radius 3 is 2.48 bits per heavy atom. The van der Waals surface area contributed by atoms with E-state index < -0.39 is 11.6 Å². The number of carbonyl (C=O) groups is 3. The Labute approximate surface area is 323 Å². The molecule has 4 heterocycles. The largest absolute Gasteiger partial charge is 0.388 e. The molecule has 2 aliphatic rings. The van der Waals surface area contributed by atoms with Crippen molar-refractivity contribution in [2.75, 3.05) is 56.6 Å². The molecule has 2 aliphatic heterocycles. The molecule has 3 N–H and O–H groups in total. The molecular weight excluding hydrogens is 715 g/mol. The lowest BCUT2D eigenvalue weighted by molar-refractivity contribution is -0.139. The number of carbonyl (C=O) groups excluding carboxylic acids is 3. The summed E-state index contributed by atoms with van der Waals surface area (Å²) in [6, 6.07) is 21.1. The van der Waals surface area contributed by atoms with Gasteiger partial charge in [0.25, 0.3) is 5.56 Å². The monoisotopic (exact) mass is 759 g/mol. The summed E-state index contributed by atoms with van der Waals surface area (Å²) in [5.41, 5.74) is 2.05. The molecule has 5 aromatic rings. The standard InChI is InChI=1S/C41H45N9O6/c1-2-37(51)44-33-11-7-6-10-31(33)35-26-50(46-45-35)36(24-29-8-4-3-5-9-29)40(54)48-18-15-41(55,16-19-48)27-49-28-42-34-25-30(12-13-32(34)39(49)53)43-38(52)14-17-47-20-22-56-23-21-47/h2-13,25-26,28,36,55H,1,14-24,27H2,(H,43,52)(H,44,51)/t36-/m0/s1. The Balaban J connectivity index is 1.01. The average molecular weight is 760 g/mol. The molecule has 2 aromatic heterocycles. The van der Waals surface area contributed by atoms with Crippen molar-refractivity contribution in [3.8, 4) is 11.3 Å². The number of rotatable bonds is 13. The predicted molar refractivity (Wildman–Crippen MR) is 211 cm³/mol. The molecule has 0 saturated carbocycles. The summed E-state index contributed by atoms with van der Waals surface area (Å²) < 4.78 is 8.33. The van der Waals surface area contributed by atoms with E-state index in [0.29, 0.717) is 66.1 Å². The summed E-state index contributed by atoms with van der Waals surface area (Å²) in [7, 11) is 0. The molecule has 0 radical (unpaired) electrons. The molecular formula is C41H45N9O6. The normalized spacial score (nSPS) is 16.3. The van der Waals surface area contributed by atoms with Crippen molar-refractivity contribution < 1.29 is 24.2 Å². The van der Waals surface area contributed by atoms with E-state index in [0.717, 1.165) is 18.7 Å². The molecule has 56 heavy (non-hydrogen) atoms. The second-order valence-corrected chi connectivity index (χ2v) is 14.2. The number of morpholine rings is 1. The number of ether oxygens (including phenoxy) is 1. The Kier molecular flexibility index (Phi) is 11.7. The summed E-state index contributed by atoms with van der Waals surface area (Å²) in [5, 5.41) is 26.5. The van der Waals surface area contributed by atoms with Crippen LogP contribution in [0.4, 0.5) is 11.4 Å². The number of aliphatic hydroxyl groups is 1. The van der Waals surface area contributed by atoms with Gasteiger partial charge in [-0.2, -0.15) is 0 Å². The Morgan fingerprint density at radius 1 is 0.964 bits per heavy atom. The van der Waals surface area contributed by atoms with Crippen molar-refractivity contribution in [1.82, 2.24) is 34.3 Å². The first kappa shape index (κ1) is 38.3. The fourth-order valence-corrected chi connectivity index (χ4v) is 7.17. The molecule has 290 valence electrons. The van der Waals surface area contributed by atoms with Crippen molar-refractivity contribution in [3.63, 3.8) is 0 Å². The van der Waals surface area contributed by atoms with Crippen molar-refractivity contribution in [2.45, 2.75) is 43.9 Å². The quantitative estimate of drug-likeness (QED) is 0.151. The predicted octanol–water partition coefficient (Wildman–Crippen LogP) is 3.28. The molecule has 0 unspecified atom stereocenters. The van der Waals surface area contributed by atoms with Crippen LogP contribution in [0.25, 0.3) is 22.2 Å². The van der Waals surface area contributed by atoms with Gasteiger partial charge in [-0.15, -0.1) is 5.10 Å². The van der Waals surface area contributed by atoms with E-state index >= 15 is 0 Å². The maximum Gasteiger partial charge on any atom is 0.261 e. The highest BCUT2D eigenvalue weighted by atomic mass is 16.5. The van der Waals surface area contributed by atoms with Crippen molar-refractivity contribution in [3.05, 3.63) is 114 Å². The van der Waals surface area contributed by atoms with Crippen molar-refractivity contribution >= 4 is 40.0 Å². The van der Waals surface area contributed by atoms with Crippen LogP contribution in [-0.2, 0) is 32.1 Å². The highest BCUT2D eigenvalue weighted by Gasteiger charge is 2.37. The molecule has 2 fully saturated rings. The van der Waals surface area contributed by atoms with Crippen LogP contribution in [0.5, 0.6) is 0 Å². The molecule has 2 saturated heterocycles. The number of nitrogens with one attached hydrogen (secondary N) is 2. The maximum atomic E-state index is 14.3. The van der Waals surface area contributed by atoms with Gasteiger partial charge in [-0.05, 0) is 48.7 Å². The van der Waals surface area contributed by atoms with Gasteiger partial charge in [0.15, 0.2) is 0 Å². The minimum atomic E-state index is -1.25. The Hall–Kier alpha value is -6.03. The molecule has 15 nitrogen and oxygen atoms in total. The van der Waals surface area contributed by atoms with Crippen LogP contribution in [0, 0.1) is 0 Å². The second-order valence-electron chi connectivity index (χ2n) is 14.2. The summed E-state index contributed by atoms with van der Waals surface area (Å²) in [6.07, 6.45) is 5.50. The van der Waals surface area contributed by atoms with Gasteiger partial charge in [-0.25, -0.2) is 9.67 Å². The number of benzene rings is 3. The van der Waals surface area contributed by atoms with Crippen LogP contribution in [-0.4, -0.2) is 109 Å². The second kappa shape index (κ2) is 17.2. The van der Waals surface area contributed by atoms with Gasteiger partial charge in [0.1, 0.15) is 11.7 Å². The molecule has 3 aromatic carbocycles. The van der Waals surface area contributed by atoms with Crippen LogP contribution in [0.1, 0.15) is 30.9 Å². The molecule has 0 bridgehead atoms. The van der Waals surface area contributed by atoms with E-state index in [1.165, 1.54) is 17.0 Å². The number of aromatic nitrogens is 5. The molecule has 3 amide bonds. The first-order valence-corrected chi connectivity index (χ1v) is 18.8. The maximum absolute atomic E-state index is 14.3. The van der Waals surface area contributed by atoms with Gasteiger partial charge >= 0.3 is 0 Å². The number of hydrogen-bond donors (Lipinski definition) is 3. The number of likely N-dealkylation sites (tertiary alicyclic amines) is 1. The van der Waals surface area contributed by atoms with E-state index in [2.05, 4.69) is 37.4 Å². The summed E-state index contributed by atoms with van der Waals surface area (Å²) in [4.78, 5) is 60.9. The SMILES string of the molecule is C=CC(=O)Nc1ccccc1-c1cn([C@@H](Cc2ccccc2)C(=O)N2CCC(O)(Cn3cnc4cc(NC(=O)CCN5CCOCC5)ccc4c3=O)CC2)nn1. The summed E-state index contributed by atoms with van der Waals surface area (Å²) in [6.45, 7) is 7.68. The number of para-hydroxylation sites is 1. The zero-order valence-electron chi connectivity index (χ0n) is 31.0. The molecule has 0 spiro atoms. The highest BCUT2D eigenvalue weighted by Crippen LogP contribution is 2.30. The number of nitrogens with zero attached hydrogens (tertiary/aromatic N) is 7. The van der Waals surface area contributed by atoms with Gasteiger partial charge in [-0.3, -0.25) is 28.6 Å². The highest BCUT2D eigenvalue weighted by molar-refractivity contribution is 6.01. The Morgan fingerprint density at radius 2 is 1.71 bits per heavy atom. The third-order valence-electron chi connectivity index (χ3n) is 10.4. The number of anilines is 2. The van der Waals surface area contributed by atoms with Gasteiger partial charge < -0.3 is 25.4 Å². The molecule has 7 rings (SSSR count). The molecule has 1 atom stereocenters. The minimum absolute atomic E-state index is 0.0124. The van der Waals surface area contributed by atoms with Crippen molar-refractivity contribution in [1.29, 1.82) is 0 Å². The van der Waals surface area contributed by atoms with E-state index in [9.17, 15) is 24.3 Å². The summed E-state index contributed by atoms with van der Waals surface area (Å²) >= 11 is 0. The van der Waals surface area contributed by atoms with E-state index in [1.54, 1.807) is 46.1 Å². The van der Waals surface area contributed by atoms with Crippen molar-refractivity contribution in [2.24, 2.45) is 0 Å². The molecule has 0 aliphatic carbocycles. The number of piperidine rings is 1. The van der Waals surface area contributed by atoms with Crippen LogP contribution in [0.2, 0.25) is 0 Å². The third-order valence-corrected chi connectivity index (χ3v) is 10.4. The van der Waals surface area contributed by atoms with E-state index in [1.807, 2.05) is 42.5 Å². The molecule has 15 heteroatoms. The number of hydrogen-bond acceptors (Lipinski definition) is 10. The first-order chi connectivity index (χ1) is 27.2. The number of amides is 3.